The van der Waals surface area contributed by atoms with Crippen LogP contribution in [0.15, 0.2) is 40.9 Å². The van der Waals surface area contributed by atoms with Gasteiger partial charge in [-0.3, -0.25) is 4.79 Å². The van der Waals surface area contributed by atoms with Crippen molar-refractivity contribution >= 4 is 27.5 Å². The van der Waals surface area contributed by atoms with E-state index in [1.54, 1.807) is 0 Å². The van der Waals surface area contributed by atoms with E-state index < -0.39 is 0 Å². The molecule has 3 rings (SSSR count). The Hall–Kier alpha value is -1.65. The summed E-state index contributed by atoms with van der Waals surface area (Å²) >= 11 is 3.57. The van der Waals surface area contributed by atoms with Crippen molar-refractivity contribution in [3.05, 3.63) is 63.1 Å². The molecule has 2 aromatic carbocycles. The summed E-state index contributed by atoms with van der Waals surface area (Å²) in [5, 5.41) is 2.90. The normalized spacial score (nSPS) is 15.3. The summed E-state index contributed by atoms with van der Waals surface area (Å²) in [6, 6.07) is 12.1. The fourth-order valence-electron chi connectivity index (χ4n) is 2.68. The van der Waals surface area contributed by atoms with Gasteiger partial charge < -0.3 is 11.1 Å². The molecule has 0 bridgehead atoms. The summed E-state index contributed by atoms with van der Waals surface area (Å²) in [5.41, 5.74) is 11.8. The van der Waals surface area contributed by atoms with E-state index in [1.165, 1.54) is 5.56 Å². The summed E-state index contributed by atoms with van der Waals surface area (Å²) in [5.74, 6) is 0.0842. The highest BCUT2D eigenvalue weighted by molar-refractivity contribution is 9.10. The number of fused-ring (bicyclic) bond motifs is 1. The lowest BCUT2D eigenvalue weighted by molar-refractivity contribution is -0.116. The molecule has 21 heavy (non-hydrogen) atoms. The zero-order valence-electron chi connectivity index (χ0n) is 11.8. The van der Waals surface area contributed by atoms with E-state index in [-0.39, 0.29) is 11.9 Å². The number of halogens is 1. The van der Waals surface area contributed by atoms with Gasteiger partial charge in [-0.1, -0.05) is 45.8 Å². The van der Waals surface area contributed by atoms with Gasteiger partial charge in [0.25, 0.3) is 0 Å². The fraction of sp³-hybridized carbons (Fsp3) is 0.235. The minimum absolute atomic E-state index is 0.0842. The summed E-state index contributed by atoms with van der Waals surface area (Å²) in [6.45, 7) is 2.06. The first kappa shape index (κ1) is 14.3. The topological polar surface area (TPSA) is 55.1 Å². The number of anilines is 1. The maximum Gasteiger partial charge on any atom is 0.224 e. The molecule has 2 aromatic rings. The molecule has 1 unspecified atom stereocenters. The average molecular weight is 345 g/mol. The van der Waals surface area contributed by atoms with Crippen LogP contribution in [-0.4, -0.2) is 5.91 Å². The molecule has 0 saturated heterocycles. The molecule has 0 saturated carbocycles. The largest absolute Gasteiger partial charge is 0.326 e. The Bertz CT molecular complexity index is 712. The molecule has 0 aliphatic carbocycles. The predicted molar refractivity (Wildman–Crippen MR) is 88.3 cm³/mol. The van der Waals surface area contributed by atoms with Crippen molar-refractivity contribution in [1.29, 1.82) is 0 Å². The predicted octanol–water partition coefficient (Wildman–Crippen LogP) is 3.69. The Balaban J connectivity index is 1.97. The summed E-state index contributed by atoms with van der Waals surface area (Å²) in [7, 11) is 0. The van der Waals surface area contributed by atoms with Crippen LogP contribution >= 0.6 is 15.9 Å². The lowest BCUT2D eigenvalue weighted by Crippen LogP contribution is -2.20. The molecule has 4 heteroatoms. The third kappa shape index (κ3) is 2.87. The van der Waals surface area contributed by atoms with Gasteiger partial charge in [0.05, 0.1) is 6.04 Å². The molecule has 1 atom stereocenters. The Morgan fingerprint density at radius 3 is 2.81 bits per heavy atom. The molecule has 3 N–H and O–H groups in total. The Morgan fingerprint density at radius 2 is 2.00 bits per heavy atom. The van der Waals surface area contributed by atoms with E-state index in [9.17, 15) is 4.79 Å². The molecule has 1 aliphatic heterocycles. The number of hydrogen-bond acceptors (Lipinski definition) is 2. The van der Waals surface area contributed by atoms with Crippen molar-refractivity contribution < 1.29 is 4.79 Å². The number of aryl methyl sites for hydroxylation is 2. The third-order valence-corrected chi connectivity index (χ3v) is 4.59. The molecule has 108 valence electrons. The maximum atomic E-state index is 11.4. The second kappa shape index (κ2) is 5.62. The van der Waals surface area contributed by atoms with Gasteiger partial charge in [0.1, 0.15) is 0 Å². The minimum Gasteiger partial charge on any atom is -0.326 e. The maximum absolute atomic E-state index is 11.4. The van der Waals surface area contributed by atoms with Gasteiger partial charge in [-0.05, 0) is 42.2 Å². The van der Waals surface area contributed by atoms with Gasteiger partial charge in [-0.25, -0.2) is 0 Å². The smallest absolute Gasteiger partial charge is 0.224 e. The highest BCUT2D eigenvalue weighted by atomic mass is 79.9. The van der Waals surface area contributed by atoms with Crippen LogP contribution in [-0.2, 0) is 11.2 Å². The Labute approximate surface area is 132 Å². The SMILES string of the molecule is Cc1ccc(Br)c(C(N)c2ccc3c(c2)CCC(=O)N3)c1. The van der Waals surface area contributed by atoms with Crippen molar-refractivity contribution in [3.63, 3.8) is 0 Å². The van der Waals surface area contributed by atoms with Crippen LogP contribution in [0.5, 0.6) is 0 Å². The van der Waals surface area contributed by atoms with Crippen molar-refractivity contribution in [1.82, 2.24) is 0 Å². The number of carbonyl (C=O) groups is 1. The van der Waals surface area contributed by atoms with Gasteiger partial charge in [-0.2, -0.15) is 0 Å². The summed E-state index contributed by atoms with van der Waals surface area (Å²) < 4.78 is 1.02. The summed E-state index contributed by atoms with van der Waals surface area (Å²) in [4.78, 5) is 11.4. The molecule has 1 heterocycles. The second-order valence-electron chi connectivity index (χ2n) is 5.47. The average Bonchev–Trinajstić information content (AvgIpc) is 2.48. The number of carbonyl (C=O) groups excluding carboxylic acids is 1. The highest BCUT2D eigenvalue weighted by Gasteiger charge is 2.18. The van der Waals surface area contributed by atoms with E-state index in [4.69, 9.17) is 5.73 Å². The van der Waals surface area contributed by atoms with Crippen molar-refractivity contribution in [2.75, 3.05) is 5.32 Å². The number of benzene rings is 2. The molecule has 3 nitrogen and oxygen atoms in total. The lowest BCUT2D eigenvalue weighted by atomic mass is 9.93. The van der Waals surface area contributed by atoms with E-state index in [0.717, 1.165) is 33.3 Å². The zero-order valence-corrected chi connectivity index (χ0v) is 13.4. The Kier molecular flexibility index (Phi) is 3.83. The third-order valence-electron chi connectivity index (χ3n) is 3.87. The number of rotatable bonds is 2. The van der Waals surface area contributed by atoms with Crippen molar-refractivity contribution in [2.45, 2.75) is 25.8 Å². The van der Waals surface area contributed by atoms with Crippen LogP contribution < -0.4 is 11.1 Å². The quantitative estimate of drug-likeness (QED) is 0.872. The second-order valence-corrected chi connectivity index (χ2v) is 6.32. The first-order chi connectivity index (χ1) is 10.0. The number of nitrogens with two attached hydrogens (primary N) is 1. The molecule has 0 fully saturated rings. The monoisotopic (exact) mass is 344 g/mol. The van der Waals surface area contributed by atoms with E-state index >= 15 is 0 Å². The van der Waals surface area contributed by atoms with Crippen molar-refractivity contribution in [2.24, 2.45) is 5.73 Å². The first-order valence-electron chi connectivity index (χ1n) is 6.99. The van der Waals surface area contributed by atoms with Gasteiger partial charge in [-0.15, -0.1) is 0 Å². The zero-order chi connectivity index (χ0) is 15.0. The first-order valence-corrected chi connectivity index (χ1v) is 7.78. The van der Waals surface area contributed by atoms with Crippen molar-refractivity contribution in [3.8, 4) is 0 Å². The van der Waals surface area contributed by atoms with Crippen LogP contribution in [0.25, 0.3) is 0 Å². The molecule has 1 aliphatic rings. The Morgan fingerprint density at radius 1 is 1.19 bits per heavy atom. The molecular weight excluding hydrogens is 328 g/mol. The van der Waals surface area contributed by atoms with Gasteiger partial charge >= 0.3 is 0 Å². The number of nitrogens with one attached hydrogen (secondary N) is 1. The van der Waals surface area contributed by atoms with Crippen LogP contribution in [0, 0.1) is 6.92 Å². The molecule has 0 radical (unpaired) electrons. The van der Waals surface area contributed by atoms with E-state index in [2.05, 4.69) is 46.4 Å². The van der Waals surface area contributed by atoms with E-state index in [0.29, 0.717) is 6.42 Å². The summed E-state index contributed by atoms with van der Waals surface area (Å²) in [6.07, 6.45) is 1.32. The highest BCUT2D eigenvalue weighted by Crippen LogP contribution is 2.31. The number of amides is 1. The van der Waals surface area contributed by atoms with Crippen LogP contribution in [0.4, 0.5) is 5.69 Å². The standard InChI is InChI=1S/C17H17BrN2O/c1-10-2-5-14(18)13(8-10)17(19)12-3-6-15-11(9-12)4-7-16(21)20-15/h2-3,5-6,8-9,17H,4,7,19H2,1H3,(H,20,21). The van der Waals surface area contributed by atoms with Crippen LogP contribution in [0.3, 0.4) is 0 Å². The van der Waals surface area contributed by atoms with Gasteiger partial charge in [0, 0.05) is 16.6 Å². The lowest BCUT2D eigenvalue weighted by Gasteiger charge is -2.20. The molecular formula is C17H17BrN2O. The minimum atomic E-state index is -0.179. The van der Waals surface area contributed by atoms with Gasteiger partial charge in [0.2, 0.25) is 5.91 Å². The molecule has 0 aromatic heterocycles. The van der Waals surface area contributed by atoms with E-state index in [1.807, 2.05) is 18.2 Å². The molecule has 1 amide bonds. The fourth-order valence-corrected chi connectivity index (χ4v) is 3.17. The number of hydrogen-bond donors (Lipinski definition) is 2. The van der Waals surface area contributed by atoms with Crippen LogP contribution in [0.2, 0.25) is 0 Å². The van der Waals surface area contributed by atoms with Gasteiger partial charge in [0.15, 0.2) is 0 Å². The van der Waals surface area contributed by atoms with Crippen LogP contribution in [0.1, 0.15) is 34.7 Å². The molecule has 0 spiro atoms.